The van der Waals surface area contributed by atoms with E-state index in [1.165, 1.54) is 12.1 Å². The van der Waals surface area contributed by atoms with E-state index in [1.54, 1.807) is 25.1 Å². The Bertz CT molecular complexity index is 526. The number of hydrogen-bond donors (Lipinski definition) is 4. The van der Waals surface area contributed by atoms with Crippen LogP contribution in [0.4, 0.5) is 0 Å². The Hall–Kier alpha value is -2.08. The molecule has 0 fully saturated rings. The Morgan fingerprint density at radius 3 is 2.89 bits per heavy atom. The molecule has 1 rings (SSSR count). The molecule has 0 saturated carbocycles. The zero-order valence-corrected chi connectivity index (χ0v) is 11.3. The van der Waals surface area contributed by atoms with Crippen molar-refractivity contribution in [3.05, 3.63) is 40.8 Å². The molecule has 6 heteroatoms. The van der Waals surface area contributed by atoms with E-state index in [0.29, 0.717) is 5.56 Å². The van der Waals surface area contributed by atoms with Gasteiger partial charge in [0.05, 0.1) is 6.42 Å². The number of thioether (sulfide) groups is 1. The van der Waals surface area contributed by atoms with Gasteiger partial charge in [-0.05, 0) is 35.6 Å². The van der Waals surface area contributed by atoms with Gasteiger partial charge in [-0.2, -0.15) is 0 Å². The number of phenols is 1. The van der Waals surface area contributed by atoms with Crippen LogP contribution in [0.15, 0.2) is 35.2 Å². The Kier molecular flexibility index (Phi) is 5.81. The maximum absolute atomic E-state index is 11.7. The number of benzene rings is 1. The molecule has 100 valence electrons. The third kappa shape index (κ3) is 5.87. The first-order valence-electron chi connectivity index (χ1n) is 5.53. The van der Waals surface area contributed by atoms with Crippen LogP contribution in [0, 0.1) is 10.8 Å². The summed E-state index contributed by atoms with van der Waals surface area (Å²) in [6.07, 6.45) is 2.77. The third-order valence-corrected chi connectivity index (χ3v) is 2.87. The van der Waals surface area contributed by atoms with Crippen molar-refractivity contribution in [1.29, 1.82) is 10.8 Å². The summed E-state index contributed by atoms with van der Waals surface area (Å²) < 4.78 is 0. The van der Waals surface area contributed by atoms with E-state index in [4.69, 9.17) is 10.8 Å². The van der Waals surface area contributed by atoms with E-state index in [-0.39, 0.29) is 23.2 Å². The highest BCUT2D eigenvalue weighted by Gasteiger charge is 2.07. The van der Waals surface area contributed by atoms with Crippen LogP contribution in [0.25, 0.3) is 0 Å². The molecule has 0 saturated heterocycles. The molecule has 0 spiro atoms. The largest absolute Gasteiger partial charge is 0.508 e. The predicted octanol–water partition coefficient (Wildman–Crippen LogP) is 2.27. The summed E-state index contributed by atoms with van der Waals surface area (Å²) in [5.74, 6) is -0.203. The second-order valence-corrected chi connectivity index (χ2v) is 5.03. The van der Waals surface area contributed by atoms with Crippen LogP contribution in [-0.4, -0.2) is 22.4 Å². The summed E-state index contributed by atoms with van der Waals surface area (Å²) in [6, 6.07) is 6.44. The highest BCUT2D eigenvalue weighted by Crippen LogP contribution is 2.14. The summed E-state index contributed by atoms with van der Waals surface area (Å²) in [5, 5.41) is 26.2. The van der Waals surface area contributed by atoms with E-state index < -0.39 is 0 Å². The number of nitrogens with one attached hydrogen (secondary N) is 3. The summed E-state index contributed by atoms with van der Waals surface area (Å²) >= 11 is 1.08. The molecule has 0 aliphatic rings. The highest BCUT2D eigenvalue weighted by molar-refractivity contribution is 8.17. The van der Waals surface area contributed by atoms with Gasteiger partial charge >= 0.3 is 0 Å². The lowest BCUT2D eigenvalue weighted by molar-refractivity contribution is -0.119. The van der Waals surface area contributed by atoms with Crippen LogP contribution >= 0.6 is 11.8 Å². The van der Waals surface area contributed by atoms with Crippen LogP contribution in [0.1, 0.15) is 12.5 Å². The fourth-order valence-corrected chi connectivity index (χ4v) is 1.98. The maximum atomic E-state index is 11.7. The number of allylic oxidation sites excluding steroid dienone is 2. The van der Waals surface area contributed by atoms with Gasteiger partial charge < -0.3 is 15.8 Å². The van der Waals surface area contributed by atoms with Crippen molar-refractivity contribution in [3.63, 3.8) is 0 Å². The van der Waals surface area contributed by atoms with E-state index in [1.807, 2.05) is 0 Å². The molecule has 0 aromatic heterocycles. The molecule has 19 heavy (non-hydrogen) atoms. The average Bonchev–Trinajstić information content (AvgIpc) is 2.28. The Morgan fingerprint density at radius 2 is 2.26 bits per heavy atom. The first-order chi connectivity index (χ1) is 9.01. The topological polar surface area (TPSA) is 97.0 Å². The number of carbonyl (C=O) groups excluding carboxylic acids is 1. The van der Waals surface area contributed by atoms with Crippen LogP contribution in [0.2, 0.25) is 0 Å². The summed E-state index contributed by atoms with van der Waals surface area (Å²) in [4.78, 5) is 12.4. The molecule has 1 amide bonds. The monoisotopic (exact) mass is 277 g/mol. The van der Waals surface area contributed by atoms with Crippen molar-refractivity contribution < 1.29 is 9.90 Å². The van der Waals surface area contributed by atoms with Gasteiger partial charge in [-0.15, -0.1) is 0 Å². The van der Waals surface area contributed by atoms with E-state index in [9.17, 15) is 9.90 Å². The van der Waals surface area contributed by atoms with Gasteiger partial charge in [0.2, 0.25) is 5.91 Å². The zero-order valence-electron chi connectivity index (χ0n) is 10.4. The van der Waals surface area contributed by atoms with E-state index in [2.05, 4.69) is 5.32 Å². The Morgan fingerprint density at radius 1 is 1.53 bits per heavy atom. The molecule has 0 heterocycles. The molecule has 0 bridgehead atoms. The van der Waals surface area contributed by atoms with Crippen molar-refractivity contribution in [2.75, 3.05) is 0 Å². The van der Waals surface area contributed by atoms with E-state index >= 15 is 0 Å². The summed E-state index contributed by atoms with van der Waals surface area (Å²) in [7, 11) is 0. The first-order valence-corrected chi connectivity index (χ1v) is 6.34. The molecule has 0 aliphatic heterocycles. The minimum absolute atomic E-state index is 0.0146. The molecular formula is C13H15N3O2S. The Balaban J connectivity index is 2.49. The fraction of sp³-hybridized carbons (Fsp3) is 0.154. The smallest absolute Gasteiger partial charge is 0.230 e. The maximum Gasteiger partial charge on any atom is 0.230 e. The van der Waals surface area contributed by atoms with Gasteiger partial charge in [-0.1, -0.05) is 23.9 Å². The lowest BCUT2D eigenvalue weighted by Crippen LogP contribution is -2.29. The Labute approximate surface area is 115 Å². The van der Waals surface area contributed by atoms with Crippen LogP contribution in [-0.2, 0) is 11.2 Å². The number of amides is 1. The molecule has 0 aliphatic carbocycles. The lowest BCUT2D eigenvalue weighted by atomic mass is 10.1. The molecule has 5 nitrogen and oxygen atoms in total. The van der Waals surface area contributed by atoms with Crippen molar-refractivity contribution in [3.8, 4) is 5.75 Å². The SMILES string of the molecule is C/C(=C\C=N)SC(=N)NC(=O)Cc1cccc(O)c1. The predicted molar refractivity (Wildman–Crippen MR) is 77.8 cm³/mol. The molecule has 0 atom stereocenters. The van der Waals surface area contributed by atoms with Gasteiger partial charge in [0.25, 0.3) is 0 Å². The van der Waals surface area contributed by atoms with Crippen molar-refractivity contribution in [2.24, 2.45) is 0 Å². The third-order valence-electron chi connectivity index (χ3n) is 2.11. The van der Waals surface area contributed by atoms with Crippen molar-refractivity contribution in [2.45, 2.75) is 13.3 Å². The first kappa shape index (κ1) is 15.0. The lowest BCUT2D eigenvalue weighted by Gasteiger charge is -2.06. The van der Waals surface area contributed by atoms with Gasteiger partial charge in [-0.3, -0.25) is 10.2 Å². The van der Waals surface area contributed by atoms with Gasteiger partial charge in [0, 0.05) is 6.21 Å². The van der Waals surface area contributed by atoms with Crippen molar-refractivity contribution in [1.82, 2.24) is 5.32 Å². The molecule has 0 unspecified atom stereocenters. The van der Waals surface area contributed by atoms with Crippen LogP contribution in [0.5, 0.6) is 5.75 Å². The minimum Gasteiger partial charge on any atom is -0.508 e. The standard InChI is InChI=1S/C13H15N3O2S/c1-9(5-6-14)19-13(15)16-12(18)8-10-3-2-4-11(17)7-10/h2-7,14,17H,8H2,1H3,(H2,15,16,18)/b9-5+,14-6?. The second-order valence-electron chi connectivity index (χ2n) is 3.77. The van der Waals surface area contributed by atoms with Gasteiger partial charge in [0.15, 0.2) is 5.17 Å². The van der Waals surface area contributed by atoms with Gasteiger partial charge in [-0.25, -0.2) is 0 Å². The number of phenolic OH excluding ortho intramolecular Hbond substituents is 1. The minimum atomic E-state index is -0.314. The fourth-order valence-electron chi connectivity index (χ4n) is 1.36. The number of rotatable bonds is 4. The number of amidine groups is 1. The molecule has 0 radical (unpaired) electrons. The van der Waals surface area contributed by atoms with Crippen LogP contribution in [0.3, 0.4) is 0 Å². The number of carbonyl (C=O) groups is 1. The summed E-state index contributed by atoms with van der Waals surface area (Å²) in [5.41, 5.74) is 0.682. The van der Waals surface area contributed by atoms with Gasteiger partial charge in [0.1, 0.15) is 5.75 Å². The number of hydrogen-bond acceptors (Lipinski definition) is 5. The average molecular weight is 277 g/mol. The van der Waals surface area contributed by atoms with E-state index in [0.717, 1.165) is 22.9 Å². The summed E-state index contributed by atoms with van der Waals surface area (Å²) in [6.45, 7) is 1.76. The van der Waals surface area contributed by atoms with Crippen LogP contribution < -0.4 is 5.32 Å². The number of aromatic hydroxyl groups is 1. The zero-order chi connectivity index (χ0) is 14.3. The highest BCUT2D eigenvalue weighted by atomic mass is 32.2. The molecule has 1 aromatic rings. The normalized spacial score (nSPS) is 10.9. The van der Waals surface area contributed by atoms with Crippen molar-refractivity contribution >= 4 is 29.1 Å². The second kappa shape index (κ2) is 7.38. The molecule has 1 aromatic carbocycles. The quantitative estimate of drug-likeness (QED) is 0.502. The molecular weight excluding hydrogens is 262 g/mol. The molecule has 4 N–H and O–H groups in total.